The van der Waals surface area contributed by atoms with Gasteiger partial charge in [-0.25, -0.2) is 0 Å². The van der Waals surface area contributed by atoms with Crippen LogP contribution in [-0.4, -0.2) is 57.4 Å². The molecule has 11 heteroatoms. The molecule has 0 radical (unpaired) electrons. The van der Waals surface area contributed by atoms with Crippen molar-refractivity contribution in [2.75, 3.05) is 0 Å². The van der Waals surface area contributed by atoms with Gasteiger partial charge in [0.2, 0.25) is 11.8 Å². The van der Waals surface area contributed by atoms with Crippen molar-refractivity contribution < 1.29 is 39.0 Å². The zero-order valence-corrected chi connectivity index (χ0v) is 35.1. The molecule has 4 N–H and O–H groups in total. The molecule has 3 aromatic rings. The van der Waals surface area contributed by atoms with Crippen LogP contribution in [-0.2, 0) is 35.2 Å². The number of ketones is 3. The van der Waals surface area contributed by atoms with Crippen molar-refractivity contribution in [2.24, 2.45) is 17.8 Å². The Balaban J connectivity index is 0.000000220. The maximum Gasteiger partial charge on any atom is 0.325 e. The van der Waals surface area contributed by atoms with Crippen LogP contribution in [0.3, 0.4) is 0 Å². The molecule has 6 rings (SSSR count). The van der Waals surface area contributed by atoms with Crippen LogP contribution in [0, 0.1) is 31.6 Å². The molecule has 3 aliphatic carbocycles. The molecule has 0 saturated heterocycles. The lowest BCUT2D eigenvalue weighted by atomic mass is 9.95. The van der Waals surface area contributed by atoms with Crippen molar-refractivity contribution in [3.63, 3.8) is 0 Å². The van der Waals surface area contributed by atoms with Crippen molar-refractivity contribution in [1.29, 1.82) is 0 Å². The van der Waals surface area contributed by atoms with Gasteiger partial charge in [-0.15, -0.1) is 0 Å². The molecule has 3 aliphatic rings. The van der Waals surface area contributed by atoms with E-state index in [1.54, 1.807) is 26.0 Å². The van der Waals surface area contributed by atoms with Crippen LogP contribution in [0.15, 0.2) is 66.7 Å². The normalized spacial score (nSPS) is 22.0. The Morgan fingerprint density at radius 3 is 1.72 bits per heavy atom. The number of hydrogen-bond donors (Lipinski definition) is 4. The summed E-state index contributed by atoms with van der Waals surface area (Å²) in [6, 6.07) is 20.3. The number of halogens is 1. The largest absolute Gasteiger partial charge is 0.508 e. The van der Waals surface area contributed by atoms with E-state index in [-0.39, 0.29) is 59.1 Å². The van der Waals surface area contributed by atoms with E-state index in [0.29, 0.717) is 41.7 Å². The molecule has 3 fully saturated rings. The van der Waals surface area contributed by atoms with Gasteiger partial charge < -0.3 is 20.8 Å². The first-order valence-electron chi connectivity index (χ1n) is 20.5. The average Bonchev–Trinajstić information content (AvgIpc) is 3.98. The van der Waals surface area contributed by atoms with Crippen LogP contribution in [0.25, 0.3) is 0 Å². The Bertz CT molecular complexity index is 1940. The summed E-state index contributed by atoms with van der Waals surface area (Å²) in [6.45, 7) is 8.93. The lowest BCUT2D eigenvalue weighted by molar-refractivity contribution is -0.141. The van der Waals surface area contributed by atoms with E-state index in [0.717, 1.165) is 44.9 Å². The molecule has 0 aromatic heterocycles. The number of rotatable bonds is 12. The Kier molecular flexibility index (Phi) is 17.2. The fourth-order valence-electron chi connectivity index (χ4n) is 8.09. The van der Waals surface area contributed by atoms with E-state index in [1.807, 2.05) is 6.07 Å². The number of carboxylic acid groups (broad SMARTS) is 1. The Morgan fingerprint density at radius 2 is 1.28 bits per heavy atom. The molecule has 0 aliphatic heterocycles. The van der Waals surface area contributed by atoms with Gasteiger partial charge in [-0.05, 0) is 133 Å². The quantitative estimate of drug-likeness (QED) is 0.142. The lowest BCUT2D eigenvalue weighted by Crippen LogP contribution is -2.41. The van der Waals surface area contributed by atoms with E-state index in [9.17, 15) is 33.9 Å². The number of amides is 2. The van der Waals surface area contributed by atoms with Gasteiger partial charge in [-0.2, -0.15) is 0 Å². The minimum Gasteiger partial charge on any atom is -0.508 e. The van der Waals surface area contributed by atoms with Crippen molar-refractivity contribution in [2.45, 2.75) is 129 Å². The van der Waals surface area contributed by atoms with Gasteiger partial charge in [0.1, 0.15) is 23.4 Å². The van der Waals surface area contributed by atoms with Crippen LogP contribution >= 0.6 is 11.6 Å². The molecule has 58 heavy (non-hydrogen) atoms. The molecule has 0 unspecified atom stereocenters. The fourth-order valence-corrected chi connectivity index (χ4v) is 8.28. The minimum atomic E-state index is -0.994. The highest BCUT2D eigenvalue weighted by Gasteiger charge is 2.33. The predicted octanol–water partition coefficient (Wildman–Crippen LogP) is 8.36. The highest BCUT2D eigenvalue weighted by molar-refractivity contribution is 6.30. The van der Waals surface area contributed by atoms with Crippen LogP contribution in [0.1, 0.15) is 125 Å². The summed E-state index contributed by atoms with van der Waals surface area (Å²) in [7, 11) is 0. The van der Waals surface area contributed by atoms with E-state index in [4.69, 9.17) is 16.7 Å². The fraction of sp³-hybridized carbons (Fsp3) is 0.489. The summed E-state index contributed by atoms with van der Waals surface area (Å²) < 4.78 is 0. The van der Waals surface area contributed by atoms with Gasteiger partial charge in [0.15, 0.2) is 5.78 Å². The van der Waals surface area contributed by atoms with E-state index < -0.39 is 18.1 Å². The highest BCUT2D eigenvalue weighted by atomic mass is 35.5. The van der Waals surface area contributed by atoms with E-state index in [2.05, 4.69) is 66.9 Å². The average molecular weight is 815 g/mol. The molecular formula is C47H59ClN2O8. The van der Waals surface area contributed by atoms with Gasteiger partial charge >= 0.3 is 5.97 Å². The van der Waals surface area contributed by atoms with Crippen LogP contribution < -0.4 is 10.6 Å². The molecule has 7 atom stereocenters. The standard InChI is InChI=1S/C24H28ClNO3.C16H21NO3.C7H10O2/c1-15-4-3-5-17(12-15)18-6-7-20(13-18)24(29)26-16(2)22(27)10-8-19-14-21(25)9-11-23(19)28;1-10-4-3-5-12(8-10)13-6-7-14(9-13)15(18)17-11(2)16(19)20;1-5(8)6-2-3-7(9)4-6/h3-5,9,11-12,14,16,18,20,28H,6-8,10,13H2,1-2H3,(H,26,29);3-5,8,11,13-14H,6-7,9H2,1-2H3,(H,17,18)(H,19,20);6H,2-4H2,1H3/t16-,18-,20+;11-,13-,14+;6-/m001/s1. The lowest BCUT2D eigenvalue weighted by Gasteiger charge is -2.17. The van der Waals surface area contributed by atoms with E-state index >= 15 is 0 Å². The van der Waals surface area contributed by atoms with Crippen molar-refractivity contribution >= 4 is 46.7 Å². The number of phenols is 1. The van der Waals surface area contributed by atoms with Gasteiger partial charge in [-0.1, -0.05) is 71.3 Å². The SMILES string of the molecule is CC(=O)[C@@H]1CCC(=O)C1.Cc1cccc([C@H]2CC[C@@H](C(=O)N[C@@H](C)C(=O)CCc3cc(Cl)ccc3O)C2)c1.Cc1cccc([C@H]2CC[C@@H](C(=O)N[C@@H](C)C(=O)O)C2)c1. The Hall–Kier alpha value is -4.83. The number of nitrogens with one attached hydrogen (secondary N) is 2. The van der Waals surface area contributed by atoms with Gasteiger partial charge in [0.05, 0.1) is 6.04 Å². The monoisotopic (exact) mass is 814 g/mol. The Morgan fingerprint density at radius 1 is 0.741 bits per heavy atom. The molecule has 312 valence electrons. The third-order valence-electron chi connectivity index (χ3n) is 11.7. The van der Waals surface area contributed by atoms with Gasteiger partial charge in [-0.3, -0.25) is 28.8 Å². The summed E-state index contributed by atoms with van der Waals surface area (Å²) >= 11 is 5.95. The maximum absolute atomic E-state index is 12.7. The number of benzene rings is 3. The first-order valence-corrected chi connectivity index (χ1v) is 20.9. The molecule has 3 saturated carbocycles. The number of aryl methyl sites for hydroxylation is 3. The number of carboxylic acids is 1. The van der Waals surface area contributed by atoms with Crippen molar-refractivity contribution in [3.8, 4) is 5.75 Å². The zero-order valence-electron chi connectivity index (χ0n) is 34.4. The van der Waals surface area contributed by atoms with Crippen molar-refractivity contribution in [1.82, 2.24) is 10.6 Å². The molecule has 0 heterocycles. The summed E-state index contributed by atoms with van der Waals surface area (Å²) in [5, 5.41) is 24.7. The number of aromatic hydroxyl groups is 1. The van der Waals surface area contributed by atoms with Crippen LogP contribution in [0.5, 0.6) is 5.75 Å². The van der Waals surface area contributed by atoms with Gasteiger partial charge in [0, 0.05) is 42.0 Å². The second-order valence-corrected chi connectivity index (χ2v) is 16.8. The first-order chi connectivity index (χ1) is 27.5. The summed E-state index contributed by atoms with van der Waals surface area (Å²) in [4.78, 5) is 69.1. The summed E-state index contributed by atoms with van der Waals surface area (Å²) in [5.74, 6) is 0.0862. The number of Topliss-reactive ketones (excluding diaryl/α,β-unsaturated/α-hetero) is 3. The third kappa shape index (κ3) is 13.9. The van der Waals surface area contributed by atoms with Crippen molar-refractivity contribution in [3.05, 3.63) is 99.6 Å². The number of phenolic OH excluding ortho intramolecular Hbond substituents is 1. The van der Waals surface area contributed by atoms with Crippen LogP contribution in [0.4, 0.5) is 0 Å². The zero-order chi connectivity index (χ0) is 42.5. The summed E-state index contributed by atoms with van der Waals surface area (Å²) in [6.07, 6.45) is 7.83. The minimum absolute atomic E-state index is 0.0356. The molecule has 10 nitrogen and oxygen atoms in total. The smallest absolute Gasteiger partial charge is 0.325 e. The summed E-state index contributed by atoms with van der Waals surface area (Å²) in [5.41, 5.74) is 5.69. The number of aliphatic carboxylic acids is 1. The third-order valence-corrected chi connectivity index (χ3v) is 11.9. The van der Waals surface area contributed by atoms with Crippen LogP contribution in [0.2, 0.25) is 5.02 Å². The van der Waals surface area contributed by atoms with E-state index in [1.165, 1.54) is 35.2 Å². The van der Waals surface area contributed by atoms with Gasteiger partial charge in [0.25, 0.3) is 0 Å². The number of carbonyl (C=O) groups is 6. The second-order valence-electron chi connectivity index (χ2n) is 16.4. The predicted molar refractivity (Wildman–Crippen MR) is 225 cm³/mol. The molecule has 0 bridgehead atoms. The second kappa shape index (κ2) is 21.8. The maximum atomic E-state index is 12.7. The highest BCUT2D eigenvalue weighted by Crippen LogP contribution is 2.39. The molecular weight excluding hydrogens is 756 g/mol. The molecule has 0 spiro atoms. The number of hydrogen-bond acceptors (Lipinski definition) is 7. The first kappa shape index (κ1) is 45.9. The Labute approximate surface area is 347 Å². The molecule has 3 aromatic carbocycles. The topological polar surface area (TPSA) is 167 Å². The number of carbonyl (C=O) groups excluding carboxylic acids is 5. The molecule has 2 amide bonds.